The molecule has 1 heterocycles. The van der Waals surface area contributed by atoms with Crippen LogP contribution in [0.25, 0.3) is 0 Å². The van der Waals surface area contributed by atoms with Gasteiger partial charge < -0.3 is 10.1 Å². The van der Waals surface area contributed by atoms with E-state index in [1.54, 1.807) is 18.2 Å². The molecule has 30 heavy (non-hydrogen) atoms. The van der Waals surface area contributed by atoms with Crippen LogP contribution in [-0.2, 0) is 14.8 Å². The van der Waals surface area contributed by atoms with Crippen LogP contribution in [0.4, 0.5) is 10.1 Å². The van der Waals surface area contributed by atoms with E-state index in [1.807, 2.05) is 0 Å². The summed E-state index contributed by atoms with van der Waals surface area (Å²) in [5.74, 6) is -0.0671. The van der Waals surface area contributed by atoms with Crippen LogP contribution in [0, 0.1) is 5.82 Å². The first-order valence-corrected chi connectivity index (χ1v) is 10.6. The second kappa shape index (κ2) is 9.66. The molecule has 0 bridgehead atoms. The number of nitrogens with one attached hydrogen (secondary N) is 2. The monoisotopic (exact) mass is 449 g/mol. The summed E-state index contributed by atoms with van der Waals surface area (Å²) < 4.78 is 45.1. The number of amides is 1. The smallest absolute Gasteiger partial charge is 0.240 e. The van der Waals surface area contributed by atoms with Crippen LogP contribution >= 0.6 is 11.6 Å². The fourth-order valence-corrected chi connectivity index (χ4v) is 3.71. The van der Waals surface area contributed by atoms with E-state index in [0.717, 1.165) is 0 Å². The number of anilines is 1. The number of pyridine rings is 1. The van der Waals surface area contributed by atoms with Crippen molar-refractivity contribution in [1.82, 2.24) is 9.71 Å². The molecular formula is C20H17ClFN3O4S. The molecule has 0 aliphatic heterocycles. The normalized spacial score (nSPS) is 11.1. The maximum atomic E-state index is 12.9. The lowest BCUT2D eigenvalue weighted by molar-refractivity contribution is -0.116. The minimum atomic E-state index is -3.76. The molecule has 7 nitrogen and oxygen atoms in total. The van der Waals surface area contributed by atoms with Gasteiger partial charge in [-0.3, -0.25) is 4.79 Å². The van der Waals surface area contributed by atoms with Gasteiger partial charge in [-0.25, -0.2) is 22.5 Å². The standard InChI is InChI=1S/C20H17ClFN3O4S/c21-14-2-1-3-18(12-14)30(27,28)24-11-10-19(26)25-16-6-9-20(23-13-16)29-17-7-4-15(22)5-8-17/h1-9,12-13,24H,10-11H2,(H,25,26). The molecule has 1 amide bonds. The molecule has 0 fully saturated rings. The van der Waals surface area contributed by atoms with E-state index in [1.165, 1.54) is 48.7 Å². The van der Waals surface area contributed by atoms with Crippen LogP contribution in [-0.4, -0.2) is 25.9 Å². The Kier molecular flexibility index (Phi) is 6.99. The molecule has 3 aromatic rings. The summed E-state index contributed by atoms with van der Waals surface area (Å²) in [5.41, 5.74) is 0.421. The van der Waals surface area contributed by atoms with Gasteiger partial charge in [0, 0.05) is 24.1 Å². The molecule has 10 heteroatoms. The van der Waals surface area contributed by atoms with Crippen LogP contribution in [0.5, 0.6) is 11.6 Å². The third kappa shape index (κ3) is 6.24. The van der Waals surface area contributed by atoms with Gasteiger partial charge in [0.2, 0.25) is 21.8 Å². The van der Waals surface area contributed by atoms with Gasteiger partial charge in [-0.2, -0.15) is 0 Å². The maximum absolute atomic E-state index is 12.9. The molecule has 2 aromatic carbocycles. The van der Waals surface area contributed by atoms with Crippen molar-refractivity contribution in [2.45, 2.75) is 11.3 Å². The van der Waals surface area contributed by atoms with E-state index in [4.69, 9.17) is 16.3 Å². The number of carbonyl (C=O) groups excluding carboxylic acids is 1. The Labute approximate surface area is 177 Å². The van der Waals surface area contributed by atoms with Crippen LogP contribution in [0.15, 0.2) is 71.8 Å². The van der Waals surface area contributed by atoms with Gasteiger partial charge in [0.15, 0.2) is 0 Å². The molecule has 3 rings (SSSR count). The van der Waals surface area contributed by atoms with Gasteiger partial charge in [-0.15, -0.1) is 0 Å². The highest BCUT2D eigenvalue weighted by molar-refractivity contribution is 7.89. The van der Waals surface area contributed by atoms with Crippen molar-refractivity contribution in [3.05, 3.63) is 77.7 Å². The molecule has 156 valence electrons. The molecule has 0 radical (unpaired) electrons. The third-order valence-corrected chi connectivity index (χ3v) is 5.50. The Bertz CT molecular complexity index is 1120. The maximum Gasteiger partial charge on any atom is 0.240 e. The fourth-order valence-electron chi connectivity index (χ4n) is 2.38. The van der Waals surface area contributed by atoms with E-state index in [2.05, 4.69) is 15.0 Å². The van der Waals surface area contributed by atoms with Crippen molar-refractivity contribution in [2.24, 2.45) is 0 Å². The highest BCUT2D eigenvalue weighted by atomic mass is 35.5. The van der Waals surface area contributed by atoms with Gasteiger partial charge >= 0.3 is 0 Å². The quantitative estimate of drug-likeness (QED) is 0.542. The summed E-state index contributed by atoms with van der Waals surface area (Å²) in [6, 6.07) is 14.4. The molecular weight excluding hydrogens is 433 g/mol. The van der Waals surface area contributed by atoms with Crippen molar-refractivity contribution >= 4 is 33.2 Å². The molecule has 0 saturated heterocycles. The fraction of sp³-hybridized carbons (Fsp3) is 0.100. The average molecular weight is 450 g/mol. The molecule has 0 saturated carbocycles. The van der Waals surface area contributed by atoms with Gasteiger partial charge in [-0.05, 0) is 48.5 Å². The summed E-state index contributed by atoms with van der Waals surface area (Å²) in [7, 11) is -3.76. The molecule has 1 aromatic heterocycles. The van der Waals surface area contributed by atoms with Crippen molar-refractivity contribution in [3.63, 3.8) is 0 Å². The van der Waals surface area contributed by atoms with Crippen molar-refractivity contribution in [3.8, 4) is 11.6 Å². The second-order valence-corrected chi connectivity index (χ2v) is 8.30. The zero-order valence-electron chi connectivity index (χ0n) is 15.5. The van der Waals surface area contributed by atoms with Crippen molar-refractivity contribution < 1.29 is 22.3 Å². The number of rotatable bonds is 8. The number of hydrogen-bond donors (Lipinski definition) is 2. The number of carbonyl (C=O) groups is 1. The van der Waals surface area contributed by atoms with Crippen LogP contribution in [0.1, 0.15) is 6.42 Å². The second-order valence-electron chi connectivity index (χ2n) is 6.09. The van der Waals surface area contributed by atoms with Crippen LogP contribution < -0.4 is 14.8 Å². The number of ether oxygens (including phenoxy) is 1. The molecule has 0 aliphatic carbocycles. The highest BCUT2D eigenvalue weighted by Gasteiger charge is 2.14. The van der Waals surface area contributed by atoms with Gasteiger partial charge in [-0.1, -0.05) is 17.7 Å². The molecule has 0 unspecified atom stereocenters. The first kappa shape index (κ1) is 21.7. The zero-order chi connectivity index (χ0) is 21.6. The molecule has 0 atom stereocenters. The van der Waals surface area contributed by atoms with Crippen molar-refractivity contribution in [1.29, 1.82) is 0 Å². The van der Waals surface area contributed by atoms with Crippen molar-refractivity contribution in [2.75, 3.05) is 11.9 Å². The Morgan fingerprint density at radius 1 is 1.10 bits per heavy atom. The lowest BCUT2D eigenvalue weighted by Crippen LogP contribution is -2.27. The number of halogens is 2. The summed E-state index contributed by atoms with van der Waals surface area (Å²) in [4.78, 5) is 16.1. The number of nitrogens with zero attached hydrogens (tertiary/aromatic N) is 1. The summed E-state index contributed by atoms with van der Waals surface area (Å²) in [6.45, 7) is -0.0835. The van der Waals surface area contributed by atoms with Gasteiger partial charge in [0.25, 0.3) is 0 Å². The van der Waals surface area contributed by atoms with E-state index < -0.39 is 15.9 Å². The Balaban J connectivity index is 1.48. The third-order valence-electron chi connectivity index (χ3n) is 3.81. The van der Waals surface area contributed by atoms with Gasteiger partial charge in [0.1, 0.15) is 11.6 Å². The summed E-state index contributed by atoms with van der Waals surface area (Å²) >= 11 is 5.80. The number of benzene rings is 2. The van der Waals surface area contributed by atoms with E-state index >= 15 is 0 Å². The predicted octanol–water partition coefficient (Wildman–Crippen LogP) is 3.97. The van der Waals surface area contributed by atoms with Gasteiger partial charge in [0.05, 0.1) is 16.8 Å². The molecule has 0 aliphatic rings. The first-order valence-electron chi connectivity index (χ1n) is 8.76. The lowest BCUT2D eigenvalue weighted by atomic mass is 10.3. The minimum absolute atomic E-state index is 0.0244. The molecule has 0 spiro atoms. The van der Waals surface area contributed by atoms with E-state index in [0.29, 0.717) is 16.5 Å². The summed E-state index contributed by atoms with van der Waals surface area (Å²) in [6.07, 6.45) is 1.32. The lowest BCUT2D eigenvalue weighted by Gasteiger charge is -2.09. The van der Waals surface area contributed by atoms with Crippen LogP contribution in [0.3, 0.4) is 0 Å². The van der Waals surface area contributed by atoms with E-state index in [9.17, 15) is 17.6 Å². The largest absolute Gasteiger partial charge is 0.439 e. The Morgan fingerprint density at radius 3 is 2.53 bits per heavy atom. The Hall–Kier alpha value is -3.01. The highest BCUT2D eigenvalue weighted by Crippen LogP contribution is 2.20. The minimum Gasteiger partial charge on any atom is -0.439 e. The predicted molar refractivity (Wildman–Crippen MR) is 111 cm³/mol. The summed E-state index contributed by atoms with van der Waals surface area (Å²) in [5, 5.41) is 2.91. The Morgan fingerprint density at radius 2 is 1.87 bits per heavy atom. The average Bonchev–Trinajstić information content (AvgIpc) is 2.71. The number of aromatic nitrogens is 1. The van der Waals surface area contributed by atoms with Crippen LogP contribution in [0.2, 0.25) is 5.02 Å². The SMILES string of the molecule is O=C(CCNS(=O)(=O)c1cccc(Cl)c1)Nc1ccc(Oc2ccc(F)cc2)nc1. The van der Waals surface area contributed by atoms with E-state index in [-0.39, 0.29) is 29.6 Å². The topological polar surface area (TPSA) is 97.4 Å². The molecule has 2 N–H and O–H groups in total. The number of hydrogen-bond acceptors (Lipinski definition) is 5. The number of sulfonamides is 1. The zero-order valence-corrected chi connectivity index (χ0v) is 17.1. The first-order chi connectivity index (χ1) is 14.3.